The average Bonchev–Trinajstić information content (AvgIpc) is 3.33. The van der Waals surface area contributed by atoms with E-state index in [4.69, 9.17) is 21.2 Å². The molecule has 1 unspecified atom stereocenters. The zero-order chi connectivity index (χ0) is 27.5. The number of para-hydroxylation sites is 1. The van der Waals surface area contributed by atoms with Crippen molar-refractivity contribution in [2.24, 2.45) is 0 Å². The van der Waals surface area contributed by atoms with E-state index < -0.39 is 6.04 Å². The van der Waals surface area contributed by atoms with E-state index in [0.717, 1.165) is 6.42 Å². The minimum absolute atomic E-state index is 0.0395. The molecule has 5 N–H and O–H groups in total. The molecule has 1 atom stereocenters. The van der Waals surface area contributed by atoms with Crippen LogP contribution in [0.1, 0.15) is 37.2 Å². The fourth-order valence-electron chi connectivity index (χ4n) is 4.64. The summed E-state index contributed by atoms with van der Waals surface area (Å²) in [4.78, 5) is 40.6. The van der Waals surface area contributed by atoms with Crippen molar-refractivity contribution < 1.29 is 9.53 Å². The number of rotatable bonds is 8. The Morgan fingerprint density at radius 3 is 2.62 bits per heavy atom. The van der Waals surface area contributed by atoms with Gasteiger partial charge in [-0.15, -0.1) is 0 Å². The third-order valence-corrected chi connectivity index (χ3v) is 6.50. The van der Waals surface area contributed by atoms with Crippen molar-refractivity contribution in [1.82, 2.24) is 24.4 Å². The van der Waals surface area contributed by atoms with Crippen molar-refractivity contribution in [3.63, 3.8) is 0 Å². The summed E-state index contributed by atoms with van der Waals surface area (Å²) >= 11 is 0. The highest BCUT2D eigenvalue weighted by atomic mass is 16.5. The van der Waals surface area contributed by atoms with Crippen LogP contribution in [-0.4, -0.2) is 50.0 Å². The number of nitrogens with one attached hydrogen (secondary N) is 1. The van der Waals surface area contributed by atoms with Gasteiger partial charge in [0, 0.05) is 13.0 Å². The Kier molecular flexibility index (Phi) is 6.96. The second-order valence-electron chi connectivity index (χ2n) is 9.10. The van der Waals surface area contributed by atoms with Crippen molar-refractivity contribution in [1.29, 1.82) is 5.26 Å². The molecular weight excluding hydrogens is 498 g/mol. The summed E-state index contributed by atoms with van der Waals surface area (Å²) in [6, 6.07) is 15.7. The molecule has 0 spiro atoms. The third kappa shape index (κ3) is 5.02. The number of nitriles is 1. The van der Waals surface area contributed by atoms with Crippen LogP contribution in [0.2, 0.25) is 0 Å². The molecule has 5 rings (SSSR count). The highest BCUT2D eigenvalue weighted by Crippen LogP contribution is 2.27. The first-order chi connectivity index (χ1) is 18.9. The van der Waals surface area contributed by atoms with Gasteiger partial charge in [-0.3, -0.25) is 14.2 Å². The van der Waals surface area contributed by atoms with Crippen LogP contribution in [0.4, 0.5) is 17.6 Å². The molecule has 1 saturated heterocycles. The molecule has 2 aromatic carbocycles. The summed E-state index contributed by atoms with van der Waals surface area (Å²) in [6.07, 6.45) is 1.40. The van der Waals surface area contributed by atoms with Crippen molar-refractivity contribution in [3.8, 4) is 17.5 Å². The van der Waals surface area contributed by atoms with Gasteiger partial charge in [0.2, 0.25) is 11.9 Å². The van der Waals surface area contributed by atoms with Gasteiger partial charge < -0.3 is 26.4 Å². The van der Waals surface area contributed by atoms with Crippen molar-refractivity contribution in [2.45, 2.75) is 25.8 Å². The Hall–Kier alpha value is -5.18. The first kappa shape index (κ1) is 25.5. The van der Waals surface area contributed by atoms with Gasteiger partial charge in [0.1, 0.15) is 41.0 Å². The average molecular weight is 526 g/mol. The second kappa shape index (κ2) is 10.7. The van der Waals surface area contributed by atoms with E-state index in [1.165, 1.54) is 4.57 Å². The number of anilines is 3. The zero-order valence-corrected chi connectivity index (χ0v) is 21.3. The van der Waals surface area contributed by atoms with E-state index >= 15 is 0 Å². The first-order valence-corrected chi connectivity index (χ1v) is 12.5. The molecule has 3 heterocycles. The van der Waals surface area contributed by atoms with Crippen LogP contribution in [0.25, 0.3) is 16.6 Å². The summed E-state index contributed by atoms with van der Waals surface area (Å²) in [5, 5.41) is 13.0. The molecule has 1 fully saturated rings. The van der Waals surface area contributed by atoms with Crippen LogP contribution in [-0.2, 0) is 4.79 Å². The highest BCUT2D eigenvalue weighted by molar-refractivity contribution is 5.85. The topological polar surface area (TPSA) is 178 Å². The molecule has 12 nitrogen and oxygen atoms in total. The Morgan fingerprint density at radius 2 is 1.90 bits per heavy atom. The number of hydrogen-bond acceptors (Lipinski definition) is 10. The van der Waals surface area contributed by atoms with Crippen LogP contribution in [0.5, 0.6) is 5.75 Å². The molecule has 4 aromatic rings. The number of nitrogens with two attached hydrogens (primary N) is 2. The largest absolute Gasteiger partial charge is 0.491 e. The number of aromatic nitrogens is 4. The molecule has 198 valence electrons. The monoisotopic (exact) mass is 525 g/mol. The molecule has 0 saturated carbocycles. The minimum atomic E-state index is -0.603. The maximum Gasteiger partial charge on any atom is 0.269 e. The van der Waals surface area contributed by atoms with E-state index in [1.807, 2.05) is 24.3 Å². The van der Waals surface area contributed by atoms with Crippen molar-refractivity contribution >= 4 is 34.4 Å². The molecule has 1 aliphatic heterocycles. The van der Waals surface area contributed by atoms with E-state index in [0.29, 0.717) is 47.7 Å². The smallest absolute Gasteiger partial charge is 0.269 e. The van der Waals surface area contributed by atoms with Gasteiger partial charge in [0.25, 0.3) is 5.56 Å². The summed E-state index contributed by atoms with van der Waals surface area (Å²) in [5.41, 5.74) is 12.4. The summed E-state index contributed by atoms with van der Waals surface area (Å²) in [6.45, 7) is 3.20. The Labute approximate surface area is 223 Å². The van der Waals surface area contributed by atoms with E-state index in [-0.39, 0.29) is 41.2 Å². The number of carbonyl (C=O) groups is 1. The first-order valence-electron chi connectivity index (χ1n) is 12.5. The van der Waals surface area contributed by atoms with Crippen molar-refractivity contribution in [2.75, 3.05) is 36.5 Å². The molecule has 0 radical (unpaired) electrons. The SMILES string of the molecule is CC(Nc1nc(N)nc(N)c1C#N)c1nc2cccc(OCCN3CCCC3=O)c2c(=O)n1-c1ccccc1. The summed E-state index contributed by atoms with van der Waals surface area (Å²) < 4.78 is 7.51. The predicted molar refractivity (Wildman–Crippen MR) is 146 cm³/mol. The number of nitrogen functional groups attached to an aromatic ring is 2. The number of carbonyl (C=O) groups excluding carboxylic acids is 1. The third-order valence-electron chi connectivity index (χ3n) is 6.50. The van der Waals surface area contributed by atoms with E-state index in [2.05, 4.69) is 15.3 Å². The van der Waals surface area contributed by atoms with Gasteiger partial charge in [0.15, 0.2) is 5.82 Å². The lowest BCUT2D eigenvalue weighted by molar-refractivity contribution is -0.128. The number of hydrogen-bond donors (Lipinski definition) is 3. The quantitative estimate of drug-likeness (QED) is 0.309. The fraction of sp³-hybridized carbons (Fsp3) is 0.259. The predicted octanol–water partition coefficient (Wildman–Crippen LogP) is 2.39. The van der Waals surface area contributed by atoms with Gasteiger partial charge in [-0.2, -0.15) is 15.2 Å². The molecule has 2 aromatic heterocycles. The van der Waals surface area contributed by atoms with Crippen LogP contribution >= 0.6 is 0 Å². The Balaban J connectivity index is 1.57. The summed E-state index contributed by atoms with van der Waals surface area (Å²) in [7, 11) is 0. The highest BCUT2D eigenvalue weighted by Gasteiger charge is 2.23. The standard InChI is InChI=1S/C27H27N9O3/c1-16(31-24-18(15-28)23(29)33-27(30)34-24)25-32-19-9-5-10-20(39-14-13-35-12-6-11-21(35)37)22(19)26(38)36(25)17-7-3-2-4-8-17/h2-5,7-10,16H,6,11-14H2,1H3,(H5,29,30,31,33,34). The molecule has 39 heavy (non-hydrogen) atoms. The maximum absolute atomic E-state index is 14.1. The number of likely N-dealkylation sites (tertiary alicyclic amines) is 1. The Bertz CT molecular complexity index is 1650. The van der Waals surface area contributed by atoms with Gasteiger partial charge in [-0.05, 0) is 37.6 Å². The number of nitrogens with zero attached hydrogens (tertiary/aromatic N) is 6. The van der Waals surface area contributed by atoms with Crippen LogP contribution < -0.4 is 27.1 Å². The fourth-order valence-corrected chi connectivity index (χ4v) is 4.64. The lowest BCUT2D eigenvalue weighted by Crippen LogP contribution is -2.30. The van der Waals surface area contributed by atoms with Crippen LogP contribution in [0, 0.1) is 11.3 Å². The van der Waals surface area contributed by atoms with Crippen molar-refractivity contribution in [3.05, 3.63) is 70.3 Å². The molecular formula is C27H27N9O3. The van der Waals surface area contributed by atoms with E-state index in [1.54, 1.807) is 42.2 Å². The molecule has 0 bridgehead atoms. The lowest BCUT2D eigenvalue weighted by Gasteiger charge is -2.21. The molecule has 1 amide bonds. The molecule has 12 heteroatoms. The van der Waals surface area contributed by atoms with Crippen LogP contribution in [0.3, 0.4) is 0 Å². The maximum atomic E-state index is 14.1. The van der Waals surface area contributed by atoms with Gasteiger partial charge >= 0.3 is 0 Å². The lowest BCUT2D eigenvalue weighted by atomic mass is 10.1. The number of ether oxygens (including phenoxy) is 1. The zero-order valence-electron chi connectivity index (χ0n) is 21.3. The molecule has 0 aliphatic carbocycles. The minimum Gasteiger partial charge on any atom is -0.491 e. The Morgan fingerprint density at radius 1 is 1.10 bits per heavy atom. The van der Waals surface area contributed by atoms with Gasteiger partial charge in [-0.25, -0.2) is 4.98 Å². The van der Waals surface area contributed by atoms with Gasteiger partial charge in [0.05, 0.1) is 23.8 Å². The summed E-state index contributed by atoms with van der Waals surface area (Å²) in [5.74, 6) is 0.865. The van der Waals surface area contributed by atoms with E-state index in [9.17, 15) is 14.9 Å². The number of amides is 1. The second-order valence-corrected chi connectivity index (χ2v) is 9.10. The van der Waals surface area contributed by atoms with Crippen LogP contribution in [0.15, 0.2) is 53.3 Å². The molecule has 1 aliphatic rings. The van der Waals surface area contributed by atoms with Gasteiger partial charge in [-0.1, -0.05) is 24.3 Å². The normalized spacial score (nSPS) is 13.8. The number of benzene rings is 2. The number of fused-ring (bicyclic) bond motifs is 1.